The van der Waals surface area contributed by atoms with Crippen LogP contribution in [0.3, 0.4) is 0 Å². The van der Waals surface area contributed by atoms with Crippen LogP contribution in [0.4, 0.5) is 0 Å². The Morgan fingerprint density at radius 2 is 1.77 bits per heavy atom. The summed E-state index contributed by atoms with van der Waals surface area (Å²) in [4.78, 5) is 38.5. The van der Waals surface area contributed by atoms with E-state index >= 15 is 0 Å². The fourth-order valence-electron chi connectivity index (χ4n) is 3.79. The first-order valence-corrected chi connectivity index (χ1v) is 9.84. The molecule has 6 nitrogen and oxygen atoms in total. The number of carbonyl (C=O) groups excluding carboxylic acids is 2. The molecule has 0 unspecified atom stereocenters. The molecule has 0 aromatic carbocycles. The maximum atomic E-state index is 12.1. The van der Waals surface area contributed by atoms with Gasteiger partial charge >= 0.3 is 0 Å². The molecule has 1 heterocycles. The zero-order chi connectivity index (χ0) is 18.4. The van der Waals surface area contributed by atoms with Gasteiger partial charge in [0.15, 0.2) is 5.43 Å². The Bertz CT molecular complexity index is 681. The van der Waals surface area contributed by atoms with Crippen molar-refractivity contribution in [3.05, 3.63) is 34.2 Å². The highest BCUT2D eigenvalue weighted by molar-refractivity contribution is 5.93. The average molecular weight is 359 g/mol. The molecule has 0 saturated heterocycles. The molecule has 26 heavy (non-hydrogen) atoms. The first-order chi connectivity index (χ1) is 12.6. The van der Waals surface area contributed by atoms with Crippen LogP contribution in [0.1, 0.15) is 61.7 Å². The summed E-state index contributed by atoms with van der Waals surface area (Å²) in [6, 6.07) is 1.36. The third-order valence-corrected chi connectivity index (χ3v) is 5.58. The average Bonchev–Trinajstić information content (AvgIpc) is 3.48. The van der Waals surface area contributed by atoms with Gasteiger partial charge in [0.2, 0.25) is 5.91 Å². The molecule has 6 heteroatoms. The fourth-order valence-corrected chi connectivity index (χ4v) is 3.79. The molecule has 1 aromatic rings. The van der Waals surface area contributed by atoms with E-state index in [0.717, 1.165) is 44.6 Å². The lowest BCUT2D eigenvalue weighted by Gasteiger charge is -2.29. The maximum absolute atomic E-state index is 12.1. The molecule has 142 valence electrons. The van der Waals surface area contributed by atoms with E-state index in [1.54, 1.807) is 0 Å². The zero-order valence-electron chi connectivity index (χ0n) is 15.3. The number of amides is 2. The molecular weight excluding hydrogens is 330 g/mol. The molecule has 0 spiro atoms. The van der Waals surface area contributed by atoms with Gasteiger partial charge in [-0.2, -0.15) is 0 Å². The van der Waals surface area contributed by atoms with Gasteiger partial charge in [0.1, 0.15) is 5.56 Å². The van der Waals surface area contributed by atoms with Gasteiger partial charge in [-0.05, 0) is 43.4 Å². The van der Waals surface area contributed by atoms with Crippen LogP contribution < -0.4 is 16.1 Å². The lowest BCUT2D eigenvalue weighted by molar-refractivity contribution is -0.121. The highest BCUT2D eigenvalue weighted by Gasteiger charge is 2.24. The molecule has 2 aliphatic carbocycles. The highest BCUT2D eigenvalue weighted by Crippen LogP contribution is 2.33. The zero-order valence-corrected chi connectivity index (χ0v) is 15.3. The van der Waals surface area contributed by atoms with Crippen molar-refractivity contribution in [2.45, 2.75) is 51.4 Å². The van der Waals surface area contributed by atoms with E-state index in [-0.39, 0.29) is 22.8 Å². The number of nitrogens with one attached hydrogen (secondary N) is 3. The minimum atomic E-state index is -0.317. The van der Waals surface area contributed by atoms with Crippen LogP contribution in [0.5, 0.6) is 0 Å². The van der Waals surface area contributed by atoms with Crippen molar-refractivity contribution in [1.82, 2.24) is 15.6 Å². The summed E-state index contributed by atoms with van der Waals surface area (Å²) in [5, 5.41) is 5.97. The van der Waals surface area contributed by atoms with E-state index in [4.69, 9.17) is 0 Å². The molecule has 3 N–H and O–H groups in total. The highest BCUT2D eigenvalue weighted by atomic mass is 16.2. The van der Waals surface area contributed by atoms with E-state index in [1.807, 2.05) is 0 Å². The lowest BCUT2D eigenvalue weighted by Crippen LogP contribution is -2.36. The van der Waals surface area contributed by atoms with Crippen molar-refractivity contribution in [3.63, 3.8) is 0 Å². The number of H-pyrrole nitrogens is 1. The second-order valence-electron chi connectivity index (χ2n) is 7.82. The summed E-state index contributed by atoms with van der Waals surface area (Å²) < 4.78 is 0. The molecule has 2 aliphatic rings. The quantitative estimate of drug-likeness (QED) is 0.665. The van der Waals surface area contributed by atoms with E-state index in [2.05, 4.69) is 15.6 Å². The Morgan fingerprint density at radius 1 is 1.04 bits per heavy atom. The number of hydrogen-bond donors (Lipinski definition) is 3. The molecule has 1 aromatic heterocycles. The fraction of sp³-hybridized carbons (Fsp3) is 0.650. The number of aromatic amines is 1. The molecule has 0 aliphatic heterocycles. The van der Waals surface area contributed by atoms with Crippen LogP contribution in [0, 0.1) is 17.8 Å². The van der Waals surface area contributed by atoms with Gasteiger partial charge < -0.3 is 15.6 Å². The van der Waals surface area contributed by atoms with Gasteiger partial charge in [0.25, 0.3) is 5.91 Å². The Kier molecular flexibility index (Phi) is 6.47. The largest absolute Gasteiger partial charge is 0.367 e. The van der Waals surface area contributed by atoms with Gasteiger partial charge in [0.05, 0.1) is 0 Å². The predicted octanol–water partition coefficient (Wildman–Crippen LogP) is 2.22. The van der Waals surface area contributed by atoms with Gasteiger partial charge in [-0.25, -0.2) is 0 Å². The first kappa shape index (κ1) is 18.7. The number of pyridine rings is 1. The van der Waals surface area contributed by atoms with Crippen molar-refractivity contribution in [2.24, 2.45) is 17.8 Å². The van der Waals surface area contributed by atoms with Crippen LogP contribution in [0.25, 0.3) is 0 Å². The SMILES string of the molecule is O=C(CCC1CC1)NC[C@H]1CCC[C@@H](CNC(=O)c2c[nH]ccc2=O)C1. The molecule has 0 bridgehead atoms. The molecule has 2 amide bonds. The summed E-state index contributed by atoms with van der Waals surface area (Å²) in [5.41, 5.74) is -0.112. The summed E-state index contributed by atoms with van der Waals surface area (Å²) in [6.45, 7) is 1.32. The van der Waals surface area contributed by atoms with Gasteiger partial charge in [-0.3, -0.25) is 14.4 Å². The third-order valence-electron chi connectivity index (χ3n) is 5.58. The van der Waals surface area contributed by atoms with Gasteiger partial charge in [-0.1, -0.05) is 19.3 Å². The molecule has 2 fully saturated rings. The van der Waals surface area contributed by atoms with Gasteiger partial charge in [0, 0.05) is 38.0 Å². The Morgan fingerprint density at radius 3 is 2.46 bits per heavy atom. The minimum Gasteiger partial charge on any atom is -0.367 e. The Labute approximate surface area is 154 Å². The normalized spacial score (nSPS) is 22.6. The van der Waals surface area contributed by atoms with Crippen molar-refractivity contribution in [3.8, 4) is 0 Å². The molecule has 2 saturated carbocycles. The monoisotopic (exact) mass is 359 g/mol. The second kappa shape index (κ2) is 9.01. The molecule has 3 rings (SSSR count). The van der Waals surface area contributed by atoms with E-state index < -0.39 is 0 Å². The van der Waals surface area contributed by atoms with Crippen molar-refractivity contribution in [2.75, 3.05) is 13.1 Å². The van der Waals surface area contributed by atoms with E-state index in [9.17, 15) is 14.4 Å². The van der Waals surface area contributed by atoms with Crippen molar-refractivity contribution in [1.29, 1.82) is 0 Å². The minimum absolute atomic E-state index is 0.155. The smallest absolute Gasteiger partial charge is 0.256 e. The second-order valence-corrected chi connectivity index (χ2v) is 7.82. The molecule has 0 radical (unpaired) electrons. The maximum Gasteiger partial charge on any atom is 0.256 e. The number of hydrogen-bond acceptors (Lipinski definition) is 3. The van der Waals surface area contributed by atoms with Crippen LogP contribution in [0.15, 0.2) is 23.3 Å². The first-order valence-electron chi connectivity index (χ1n) is 9.84. The van der Waals surface area contributed by atoms with Crippen LogP contribution in [0.2, 0.25) is 0 Å². The summed E-state index contributed by atoms with van der Waals surface area (Å²) in [6.07, 6.45) is 11.6. The number of aromatic nitrogens is 1. The number of rotatable bonds is 8. The molecular formula is C20H29N3O3. The van der Waals surface area contributed by atoms with Crippen molar-refractivity contribution >= 4 is 11.8 Å². The topological polar surface area (TPSA) is 91.1 Å². The van der Waals surface area contributed by atoms with Crippen molar-refractivity contribution < 1.29 is 9.59 Å². The van der Waals surface area contributed by atoms with Crippen LogP contribution >= 0.6 is 0 Å². The number of carbonyl (C=O) groups is 2. The van der Waals surface area contributed by atoms with E-state index in [1.165, 1.54) is 31.3 Å². The van der Waals surface area contributed by atoms with E-state index in [0.29, 0.717) is 24.8 Å². The molecule has 2 atom stereocenters. The van der Waals surface area contributed by atoms with Gasteiger partial charge in [-0.15, -0.1) is 0 Å². The van der Waals surface area contributed by atoms with Crippen LogP contribution in [-0.4, -0.2) is 29.9 Å². The Hall–Kier alpha value is -2.11. The summed E-state index contributed by atoms with van der Waals surface area (Å²) in [7, 11) is 0. The summed E-state index contributed by atoms with van der Waals surface area (Å²) >= 11 is 0. The lowest BCUT2D eigenvalue weighted by atomic mass is 9.81. The third kappa shape index (κ3) is 5.71. The summed E-state index contributed by atoms with van der Waals surface area (Å²) in [5.74, 6) is 1.54. The Balaban J connectivity index is 1.37. The van der Waals surface area contributed by atoms with Crippen LogP contribution in [-0.2, 0) is 4.79 Å². The standard InChI is InChI=1S/C20H29N3O3/c24-18-8-9-21-13-17(18)20(26)23-12-16-3-1-2-15(10-16)11-22-19(25)7-6-14-4-5-14/h8-9,13-16H,1-7,10-12H2,(H,21,24)(H,22,25)(H,23,26)/t15-,16+/m0/s1. The predicted molar refractivity (Wildman–Crippen MR) is 99.8 cm³/mol.